The fourth-order valence-corrected chi connectivity index (χ4v) is 3.30. The van der Waals surface area contributed by atoms with E-state index in [9.17, 15) is 4.79 Å². The summed E-state index contributed by atoms with van der Waals surface area (Å²) < 4.78 is 21.9. The van der Waals surface area contributed by atoms with Crippen molar-refractivity contribution in [2.45, 2.75) is 33.3 Å². The Morgan fingerprint density at radius 3 is 2.38 bits per heavy atom. The summed E-state index contributed by atoms with van der Waals surface area (Å²) in [5, 5.41) is 0. The van der Waals surface area contributed by atoms with E-state index in [1.165, 1.54) is 0 Å². The van der Waals surface area contributed by atoms with Crippen LogP contribution < -0.4 is 4.74 Å². The summed E-state index contributed by atoms with van der Waals surface area (Å²) in [6, 6.07) is 19.8. The van der Waals surface area contributed by atoms with E-state index in [-0.39, 0.29) is 5.97 Å². The van der Waals surface area contributed by atoms with Gasteiger partial charge in [-0.15, -0.1) is 0 Å². The minimum atomic E-state index is -0.587. The second-order valence-electron chi connectivity index (χ2n) is 7.30. The molecule has 3 rings (SSSR count). The van der Waals surface area contributed by atoms with Crippen LogP contribution >= 0.6 is 0 Å². The zero-order chi connectivity index (χ0) is 22.8. The number of furan rings is 1. The van der Waals surface area contributed by atoms with E-state index in [2.05, 4.69) is 37.3 Å². The van der Waals surface area contributed by atoms with Gasteiger partial charge in [0.1, 0.15) is 18.1 Å². The number of rotatable bonds is 11. The fourth-order valence-electron chi connectivity index (χ4n) is 3.30. The average Bonchev–Trinajstić information content (AvgIpc) is 3.35. The fraction of sp³-hybridized carbons (Fsp3) is 0.296. The molecule has 0 aliphatic carbocycles. The number of benzene rings is 2. The molecule has 5 nitrogen and oxygen atoms in total. The molecular formula is C27H30O5. The van der Waals surface area contributed by atoms with Gasteiger partial charge in [0.25, 0.3) is 0 Å². The van der Waals surface area contributed by atoms with Crippen LogP contribution in [-0.4, -0.2) is 31.9 Å². The van der Waals surface area contributed by atoms with Crippen molar-refractivity contribution in [2.75, 3.05) is 19.8 Å². The number of hydrogen-bond acceptors (Lipinski definition) is 5. The smallest absolute Gasteiger partial charge is 0.335 e. The molecule has 0 amide bonds. The van der Waals surface area contributed by atoms with Crippen LogP contribution in [0.5, 0.6) is 5.75 Å². The summed E-state index contributed by atoms with van der Waals surface area (Å²) in [6.07, 6.45) is 3.62. The largest absolute Gasteiger partial charge is 0.490 e. The molecule has 5 heteroatoms. The molecule has 168 valence electrons. The molecule has 0 radical (unpaired) electrons. The second kappa shape index (κ2) is 11.9. The number of allylic oxidation sites excluding steroid dienone is 1. The molecule has 0 fully saturated rings. The molecular weight excluding hydrogens is 404 g/mol. The van der Waals surface area contributed by atoms with Crippen molar-refractivity contribution in [3.8, 4) is 17.1 Å². The Hall–Kier alpha value is -3.31. The first-order valence-electron chi connectivity index (χ1n) is 10.9. The molecule has 0 aliphatic heterocycles. The summed E-state index contributed by atoms with van der Waals surface area (Å²) >= 11 is 0. The molecule has 3 aromatic rings. The number of hydrogen-bond donors (Lipinski definition) is 0. The summed E-state index contributed by atoms with van der Waals surface area (Å²) in [7, 11) is 0. The Morgan fingerprint density at radius 2 is 1.75 bits per heavy atom. The number of carbonyl (C=O) groups excluding carboxylic acids is 1. The minimum absolute atomic E-state index is 0.326. The molecule has 1 heterocycles. The predicted molar refractivity (Wildman–Crippen MR) is 125 cm³/mol. The molecule has 2 aromatic carbocycles. The Labute approximate surface area is 189 Å². The highest BCUT2D eigenvalue weighted by Gasteiger charge is 2.20. The quantitative estimate of drug-likeness (QED) is 0.350. The minimum Gasteiger partial charge on any atom is -0.490 e. The van der Waals surface area contributed by atoms with E-state index in [1.54, 1.807) is 13.2 Å². The van der Waals surface area contributed by atoms with Crippen LogP contribution in [0, 0.1) is 0 Å². The van der Waals surface area contributed by atoms with Crippen molar-refractivity contribution in [1.29, 1.82) is 0 Å². The Morgan fingerprint density at radius 1 is 1.00 bits per heavy atom. The number of carbonyl (C=O) groups is 1. The highest BCUT2D eigenvalue weighted by Crippen LogP contribution is 2.23. The standard InChI is InChI=1S/C27H30O5/c1-4-29-26(27(28)30-5-2)19-21-8-14-24(15-9-21)31-18-16-20(3)22-10-12-23(13-11-22)25-7-6-17-32-25/h6-17,26H,4-5,18-19H2,1-3H3/b20-16+. The number of esters is 1. The molecule has 1 atom stereocenters. The van der Waals surface area contributed by atoms with Gasteiger partial charge in [0.15, 0.2) is 6.10 Å². The SMILES string of the molecule is CCOC(=O)C(Cc1ccc(OC/C=C(\C)c2ccc(-c3ccco3)cc2)cc1)OCC. The van der Waals surface area contributed by atoms with Gasteiger partial charge in [-0.2, -0.15) is 0 Å². The highest BCUT2D eigenvalue weighted by molar-refractivity contribution is 5.75. The first-order valence-corrected chi connectivity index (χ1v) is 10.9. The van der Waals surface area contributed by atoms with Crippen molar-refractivity contribution < 1.29 is 23.4 Å². The topological polar surface area (TPSA) is 57.9 Å². The monoisotopic (exact) mass is 434 g/mol. The van der Waals surface area contributed by atoms with Crippen LogP contribution in [0.2, 0.25) is 0 Å². The lowest BCUT2D eigenvalue weighted by Crippen LogP contribution is -2.28. The van der Waals surface area contributed by atoms with Crippen molar-refractivity contribution >= 4 is 11.5 Å². The van der Waals surface area contributed by atoms with E-state index in [1.807, 2.05) is 43.3 Å². The van der Waals surface area contributed by atoms with Gasteiger partial charge >= 0.3 is 5.97 Å². The van der Waals surface area contributed by atoms with Crippen molar-refractivity contribution in [2.24, 2.45) is 0 Å². The summed E-state index contributed by atoms with van der Waals surface area (Å²) in [6.45, 7) is 7.00. The van der Waals surface area contributed by atoms with Gasteiger partial charge in [0.2, 0.25) is 0 Å². The first-order chi connectivity index (χ1) is 15.6. The molecule has 0 aliphatic rings. The van der Waals surface area contributed by atoms with E-state index >= 15 is 0 Å². The Bertz CT molecular complexity index is 986. The summed E-state index contributed by atoms with van der Waals surface area (Å²) in [5.41, 5.74) is 4.33. The highest BCUT2D eigenvalue weighted by atomic mass is 16.6. The third-order valence-electron chi connectivity index (χ3n) is 5.05. The van der Waals surface area contributed by atoms with Gasteiger partial charge in [-0.25, -0.2) is 4.79 Å². The summed E-state index contributed by atoms with van der Waals surface area (Å²) in [5.74, 6) is 1.31. The molecule has 0 saturated carbocycles. The van der Waals surface area contributed by atoms with Crippen molar-refractivity contribution in [3.05, 3.63) is 84.1 Å². The van der Waals surface area contributed by atoms with Crippen molar-refractivity contribution in [3.63, 3.8) is 0 Å². The molecule has 32 heavy (non-hydrogen) atoms. The molecule has 1 unspecified atom stereocenters. The van der Waals surface area contributed by atoms with E-state index in [0.717, 1.165) is 33.8 Å². The average molecular weight is 435 g/mol. The van der Waals surface area contributed by atoms with Gasteiger partial charge in [-0.05, 0) is 67.8 Å². The normalized spacial score (nSPS) is 12.4. The van der Waals surface area contributed by atoms with Crippen LogP contribution in [0.4, 0.5) is 0 Å². The van der Waals surface area contributed by atoms with Crippen LogP contribution in [0.15, 0.2) is 77.4 Å². The Balaban J connectivity index is 1.53. The lowest BCUT2D eigenvalue weighted by molar-refractivity contribution is -0.156. The van der Waals surface area contributed by atoms with Crippen molar-refractivity contribution in [1.82, 2.24) is 0 Å². The van der Waals surface area contributed by atoms with Gasteiger partial charge in [0, 0.05) is 18.6 Å². The van der Waals surface area contributed by atoms with Gasteiger partial charge in [-0.1, -0.05) is 36.4 Å². The molecule has 0 spiro atoms. The van der Waals surface area contributed by atoms with Crippen LogP contribution in [0.1, 0.15) is 31.9 Å². The van der Waals surface area contributed by atoms with E-state index < -0.39 is 6.10 Å². The second-order valence-corrected chi connectivity index (χ2v) is 7.30. The van der Waals surface area contributed by atoms with Crippen LogP contribution in [0.3, 0.4) is 0 Å². The summed E-state index contributed by atoms with van der Waals surface area (Å²) in [4.78, 5) is 12.0. The molecule has 0 saturated heterocycles. The lowest BCUT2D eigenvalue weighted by Gasteiger charge is -2.15. The van der Waals surface area contributed by atoms with Gasteiger partial charge < -0.3 is 18.6 Å². The van der Waals surface area contributed by atoms with E-state index in [0.29, 0.717) is 26.2 Å². The number of ether oxygens (including phenoxy) is 3. The lowest BCUT2D eigenvalue weighted by atomic mass is 10.0. The van der Waals surface area contributed by atoms with Crippen LogP contribution in [0.25, 0.3) is 16.9 Å². The van der Waals surface area contributed by atoms with Gasteiger partial charge in [0.05, 0.1) is 12.9 Å². The molecule has 0 N–H and O–H groups in total. The third kappa shape index (κ3) is 6.59. The maximum absolute atomic E-state index is 12.0. The van der Waals surface area contributed by atoms with Crippen LogP contribution in [-0.2, 0) is 20.7 Å². The third-order valence-corrected chi connectivity index (χ3v) is 5.05. The maximum atomic E-state index is 12.0. The molecule has 0 bridgehead atoms. The zero-order valence-corrected chi connectivity index (χ0v) is 18.9. The van der Waals surface area contributed by atoms with Gasteiger partial charge in [-0.3, -0.25) is 0 Å². The predicted octanol–water partition coefficient (Wildman–Crippen LogP) is 5.94. The Kier molecular flexibility index (Phi) is 8.70. The zero-order valence-electron chi connectivity index (χ0n) is 18.9. The molecule has 1 aromatic heterocycles. The maximum Gasteiger partial charge on any atom is 0.335 e. The van der Waals surface area contributed by atoms with E-state index in [4.69, 9.17) is 18.6 Å². The first kappa shape index (κ1) is 23.4.